The van der Waals surface area contributed by atoms with E-state index in [1.165, 1.54) is 6.92 Å². The van der Waals surface area contributed by atoms with Crippen LogP contribution in [0.3, 0.4) is 0 Å². The number of nitrogens with one attached hydrogen (secondary N) is 1. The number of hydrazone groups is 1. The van der Waals surface area contributed by atoms with Crippen molar-refractivity contribution in [2.45, 2.75) is 13.5 Å². The van der Waals surface area contributed by atoms with Gasteiger partial charge in [-0.25, -0.2) is 0 Å². The number of anilines is 1. The maximum atomic E-state index is 11.1. The van der Waals surface area contributed by atoms with Crippen LogP contribution in [0.25, 0.3) is 0 Å². The highest BCUT2D eigenvalue weighted by molar-refractivity contribution is 5.88. The maximum absolute atomic E-state index is 11.1. The Hall–Kier alpha value is -3.06. The van der Waals surface area contributed by atoms with E-state index in [1.807, 2.05) is 41.6 Å². The van der Waals surface area contributed by atoms with Crippen LogP contribution in [0.1, 0.15) is 18.1 Å². The summed E-state index contributed by atoms with van der Waals surface area (Å²) in [5.41, 5.74) is 2.64. The van der Waals surface area contributed by atoms with Crippen molar-refractivity contribution in [2.24, 2.45) is 5.10 Å². The summed E-state index contributed by atoms with van der Waals surface area (Å²) in [6, 6.07) is 13.1. The summed E-state index contributed by atoms with van der Waals surface area (Å²) < 4.78 is 16.7. The average molecular weight is 383 g/mol. The second-order valence-electron chi connectivity index (χ2n) is 6.38. The molecule has 0 aromatic heterocycles. The van der Waals surface area contributed by atoms with E-state index >= 15 is 0 Å². The Morgan fingerprint density at radius 2 is 1.96 bits per heavy atom. The molecule has 0 unspecified atom stereocenters. The smallest absolute Gasteiger partial charge is 0.221 e. The molecule has 148 valence electrons. The van der Waals surface area contributed by atoms with Gasteiger partial charge in [-0.3, -0.25) is 9.80 Å². The van der Waals surface area contributed by atoms with Gasteiger partial charge in [0.05, 0.1) is 39.6 Å². The molecule has 0 aliphatic carbocycles. The molecule has 1 fully saturated rings. The van der Waals surface area contributed by atoms with Crippen molar-refractivity contribution in [2.75, 3.05) is 38.7 Å². The molecule has 28 heavy (non-hydrogen) atoms. The third-order valence-corrected chi connectivity index (χ3v) is 4.23. The van der Waals surface area contributed by atoms with Crippen LogP contribution in [0.5, 0.6) is 11.5 Å². The van der Waals surface area contributed by atoms with Crippen molar-refractivity contribution in [3.05, 3.63) is 53.6 Å². The SMILES string of the molecule is COc1ccc(/C=N\N2CCOCC2)cc1COc1ccc(NC(C)=O)cc1. The van der Waals surface area contributed by atoms with Gasteiger partial charge in [0, 0.05) is 18.2 Å². The Morgan fingerprint density at radius 3 is 2.64 bits per heavy atom. The van der Waals surface area contributed by atoms with Crippen molar-refractivity contribution in [1.29, 1.82) is 0 Å². The predicted octanol–water partition coefficient (Wildman–Crippen LogP) is 2.90. The molecule has 1 N–H and O–H groups in total. The van der Waals surface area contributed by atoms with Crippen molar-refractivity contribution in [3.8, 4) is 11.5 Å². The molecule has 0 radical (unpaired) electrons. The number of hydrogen-bond donors (Lipinski definition) is 1. The summed E-state index contributed by atoms with van der Waals surface area (Å²) in [5, 5.41) is 9.25. The molecule has 0 bridgehead atoms. The number of methoxy groups -OCH3 is 1. The van der Waals surface area contributed by atoms with E-state index in [0.29, 0.717) is 25.6 Å². The number of rotatable bonds is 7. The molecule has 3 rings (SSSR count). The summed E-state index contributed by atoms with van der Waals surface area (Å²) in [6.07, 6.45) is 1.84. The number of nitrogens with zero attached hydrogens (tertiary/aromatic N) is 2. The van der Waals surface area contributed by atoms with Crippen LogP contribution < -0.4 is 14.8 Å². The highest BCUT2D eigenvalue weighted by Gasteiger charge is 2.08. The van der Waals surface area contributed by atoms with Crippen LogP contribution >= 0.6 is 0 Å². The van der Waals surface area contributed by atoms with Gasteiger partial charge in [-0.2, -0.15) is 5.10 Å². The molecule has 1 aliphatic rings. The lowest BCUT2D eigenvalue weighted by Gasteiger charge is -2.23. The van der Waals surface area contributed by atoms with Crippen LogP contribution in [-0.4, -0.2) is 50.5 Å². The van der Waals surface area contributed by atoms with Gasteiger partial charge >= 0.3 is 0 Å². The first kappa shape index (κ1) is 19.7. The first-order chi connectivity index (χ1) is 13.6. The fraction of sp³-hybridized carbons (Fsp3) is 0.333. The number of morpholine rings is 1. The maximum Gasteiger partial charge on any atom is 0.221 e. The highest BCUT2D eigenvalue weighted by Crippen LogP contribution is 2.23. The zero-order chi connectivity index (χ0) is 19.8. The van der Waals surface area contributed by atoms with Gasteiger partial charge < -0.3 is 19.5 Å². The van der Waals surface area contributed by atoms with Crippen LogP contribution in [0, 0.1) is 0 Å². The lowest BCUT2D eigenvalue weighted by Crippen LogP contribution is -2.32. The molecule has 7 heteroatoms. The highest BCUT2D eigenvalue weighted by atomic mass is 16.5. The number of ether oxygens (including phenoxy) is 3. The zero-order valence-corrected chi connectivity index (χ0v) is 16.2. The van der Waals surface area contributed by atoms with E-state index in [2.05, 4.69) is 10.4 Å². The van der Waals surface area contributed by atoms with Crippen LogP contribution in [-0.2, 0) is 16.1 Å². The van der Waals surface area contributed by atoms with E-state index in [9.17, 15) is 4.79 Å². The Balaban J connectivity index is 1.64. The number of amides is 1. The minimum absolute atomic E-state index is 0.103. The normalized spacial score (nSPS) is 14.1. The zero-order valence-electron chi connectivity index (χ0n) is 16.2. The van der Waals surface area contributed by atoms with Gasteiger partial charge in [0.2, 0.25) is 5.91 Å². The summed E-state index contributed by atoms with van der Waals surface area (Å²) in [4.78, 5) is 11.1. The summed E-state index contributed by atoms with van der Waals surface area (Å²) >= 11 is 0. The number of hydrogen-bond acceptors (Lipinski definition) is 6. The van der Waals surface area contributed by atoms with E-state index in [-0.39, 0.29) is 5.91 Å². The second kappa shape index (κ2) is 9.75. The van der Waals surface area contributed by atoms with Crippen LogP contribution in [0.2, 0.25) is 0 Å². The minimum atomic E-state index is -0.103. The fourth-order valence-electron chi connectivity index (χ4n) is 2.81. The Morgan fingerprint density at radius 1 is 1.21 bits per heavy atom. The third-order valence-electron chi connectivity index (χ3n) is 4.23. The van der Waals surface area contributed by atoms with Crippen molar-refractivity contribution in [3.63, 3.8) is 0 Å². The van der Waals surface area contributed by atoms with Gasteiger partial charge in [0.1, 0.15) is 18.1 Å². The van der Waals surface area contributed by atoms with Crippen molar-refractivity contribution < 1.29 is 19.0 Å². The molecule has 0 spiro atoms. The molecule has 1 amide bonds. The Kier molecular flexibility index (Phi) is 6.86. The summed E-state index contributed by atoms with van der Waals surface area (Å²) in [7, 11) is 1.64. The monoisotopic (exact) mass is 383 g/mol. The molecular weight excluding hydrogens is 358 g/mol. The van der Waals surface area contributed by atoms with Gasteiger partial charge in [-0.15, -0.1) is 0 Å². The van der Waals surface area contributed by atoms with E-state index < -0.39 is 0 Å². The van der Waals surface area contributed by atoms with Gasteiger partial charge in [0.15, 0.2) is 0 Å². The average Bonchev–Trinajstić information content (AvgIpc) is 2.72. The standard InChI is InChI=1S/C21H25N3O4/c1-16(25)23-19-4-6-20(7-5-19)28-15-18-13-17(3-8-21(18)26-2)14-22-24-9-11-27-12-10-24/h3-8,13-14H,9-12,15H2,1-2H3,(H,23,25)/b22-14-. The molecule has 2 aromatic rings. The quantitative estimate of drug-likeness (QED) is 0.745. The lowest BCUT2D eigenvalue weighted by atomic mass is 10.1. The Labute approximate surface area is 164 Å². The summed E-state index contributed by atoms with van der Waals surface area (Å²) in [6.45, 7) is 4.86. The third kappa shape index (κ3) is 5.72. The molecular formula is C21H25N3O4. The molecule has 0 saturated carbocycles. The van der Waals surface area contributed by atoms with Crippen LogP contribution in [0.4, 0.5) is 5.69 Å². The lowest BCUT2D eigenvalue weighted by molar-refractivity contribution is -0.114. The second-order valence-corrected chi connectivity index (χ2v) is 6.38. The molecule has 2 aromatic carbocycles. The van der Waals surface area contributed by atoms with Gasteiger partial charge in [0.25, 0.3) is 0 Å². The topological polar surface area (TPSA) is 72.4 Å². The largest absolute Gasteiger partial charge is 0.496 e. The van der Waals surface area contributed by atoms with Crippen molar-refractivity contribution in [1.82, 2.24) is 5.01 Å². The van der Waals surface area contributed by atoms with Crippen molar-refractivity contribution >= 4 is 17.8 Å². The molecule has 1 aliphatic heterocycles. The van der Waals surface area contributed by atoms with E-state index in [1.54, 1.807) is 19.2 Å². The van der Waals surface area contributed by atoms with Gasteiger partial charge in [-0.1, -0.05) is 0 Å². The number of carbonyl (C=O) groups excluding carboxylic acids is 1. The first-order valence-electron chi connectivity index (χ1n) is 9.18. The van der Waals surface area contributed by atoms with E-state index in [4.69, 9.17) is 14.2 Å². The number of benzene rings is 2. The first-order valence-corrected chi connectivity index (χ1v) is 9.18. The predicted molar refractivity (Wildman–Crippen MR) is 108 cm³/mol. The molecule has 7 nitrogen and oxygen atoms in total. The van der Waals surface area contributed by atoms with E-state index in [0.717, 1.165) is 35.7 Å². The molecule has 0 atom stereocenters. The number of carbonyl (C=O) groups is 1. The molecule has 1 saturated heterocycles. The minimum Gasteiger partial charge on any atom is -0.496 e. The summed E-state index contributed by atoms with van der Waals surface area (Å²) in [5.74, 6) is 1.37. The molecule has 1 heterocycles. The van der Waals surface area contributed by atoms with Gasteiger partial charge in [-0.05, 0) is 48.0 Å². The Bertz CT molecular complexity index is 815. The fourth-order valence-corrected chi connectivity index (χ4v) is 2.81. The van der Waals surface area contributed by atoms with Crippen LogP contribution in [0.15, 0.2) is 47.6 Å².